The van der Waals surface area contributed by atoms with E-state index in [2.05, 4.69) is 10.6 Å². The van der Waals surface area contributed by atoms with Gasteiger partial charge in [-0.1, -0.05) is 30.3 Å². The number of hydrogen-bond acceptors (Lipinski definition) is 4. The Morgan fingerprint density at radius 1 is 1.09 bits per heavy atom. The molecule has 0 spiro atoms. The minimum absolute atomic E-state index is 0.170. The maximum Gasteiger partial charge on any atom is 0.422 e. The Morgan fingerprint density at radius 3 is 2.72 bits per heavy atom. The summed E-state index contributed by atoms with van der Waals surface area (Å²) >= 11 is 0. The molecule has 1 aromatic heterocycles. The van der Waals surface area contributed by atoms with Crippen molar-refractivity contribution in [1.82, 2.24) is 10.3 Å². The van der Waals surface area contributed by atoms with Crippen LogP contribution in [0, 0.1) is 5.92 Å². The normalized spacial score (nSPS) is 16.8. The second kappa shape index (κ2) is 10.2. The van der Waals surface area contributed by atoms with Crippen molar-refractivity contribution in [3.63, 3.8) is 0 Å². The molecule has 4 nitrogen and oxygen atoms in total. The van der Waals surface area contributed by atoms with E-state index in [4.69, 9.17) is 9.72 Å². The summed E-state index contributed by atoms with van der Waals surface area (Å²) < 4.78 is 43.2. The van der Waals surface area contributed by atoms with E-state index in [1.807, 2.05) is 30.3 Å². The summed E-state index contributed by atoms with van der Waals surface area (Å²) in [6.07, 6.45) is 0.356. The summed E-state index contributed by atoms with van der Waals surface area (Å²) in [6.45, 7) is 1.71. The Kier molecular flexibility index (Phi) is 7.15. The summed E-state index contributed by atoms with van der Waals surface area (Å²) in [5.74, 6) is 0.899. The van der Waals surface area contributed by atoms with Gasteiger partial charge in [-0.15, -0.1) is 0 Å². The number of benzene rings is 2. The van der Waals surface area contributed by atoms with Gasteiger partial charge in [0, 0.05) is 23.2 Å². The number of nitrogens with one attached hydrogen (secondary N) is 2. The molecule has 2 aromatic carbocycles. The van der Waals surface area contributed by atoms with Gasteiger partial charge < -0.3 is 15.4 Å². The predicted molar refractivity (Wildman–Crippen MR) is 122 cm³/mol. The molecule has 1 aliphatic rings. The van der Waals surface area contributed by atoms with Crippen molar-refractivity contribution in [2.24, 2.45) is 5.92 Å². The van der Waals surface area contributed by atoms with Crippen molar-refractivity contribution >= 4 is 16.6 Å². The molecule has 32 heavy (non-hydrogen) atoms. The van der Waals surface area contributed by atoms with Crippen molar-refractivity contribution in [1.29, 1.82) is 0 Å². The molecule has 0 bridgehead atoms. The molecule has 4 rings (SSSR count). The first kappa shape index (κ1) is 22.4. The van der Waals surface area contributed by atoms with Crippen LogP contribution < -0.4 is 15.4 Å². The van der Waals surface area contributed by atoms with Crippen LogP contribution in [0.3, 0.4) is 0 Å². The fourth-order valence-corrected chi connectivity index (χ4v) is 4.21. The van der Waals surface area contributed by atoms with Gasteiger partial charge in [0.15, 0.2) is 6.61 Å². The molecule has 0 amide bonds. The van der Waals surface area contributed by atoms with Crippen LogP contribution in [0.25, 0.3) is 22.2 Å². The van der Waals surface area contributed by atoms with Gasteiger partial charge in [0.25, 0.3) is 0 Å². The van der Waals surface area contributed by atoms with Gasteiger partial charge in [-0.3, -0.25) is 0 Å². The van der Waals surface area contributed by atoms with Gasteiger partial charge >= 0.3 is 6.18 Å². The fourth-order valence-electron chi connectivity index (χ4n) is 4.21. The fraction of sp³-hybridized carbons (Fsp3) is 0.400. The molecule has 0 saturated carbocycles. The lowest BCUT2D eigenvalue weighted by molar-refractivity contribution is -0.153. The average Bonchev–Trinajstić information content (AvgIpc) is 2.80. The van der Waals surface area contributed by atoms with Crippen LogP contribution in [0.15, 0.2) is 54.6 Å². The van der Waals surface area contributed by atoms with Gasteiger partial charge in [-0.05, 0) is 69.0 Å². The zero-order chi connectivity index (χ0) is 22.4. The number of alkyl halides is 3. The first-order valence-corrected chi connectivity index (χ1v) is 11.1. The number of hydrogen-bond donors (Lipinski definition) is 2. The van der Waals surface area contributed by atoms with Crippen LogP contribution in [0.4, 0.5) is 18.9 Å². The number of rotatable bonds is 8. The summed E-state index contributed by atoms with van der Waals surface area (Å²) in [5.41, 5.74) is 2.84. The summed E-state index contributed by atoms with van der Waals surface area (Å²) in [6, 6.07) is 16.4. The van der Waals surface area contributed by atoms with Crippen molar-refractivity contribution in [3.8, 4) is 17.0 Å². The van der Waals surface area contributed by atoms with Gasteiger partial charge in [-0.25, -0.2) is 4.98 Å². The van der Waals surface area contributed by atoms with E-state index in [1.54, 1.807) is 24.3 Å². The number of fused-ring (bicyclic) bond motifs is 1. The van der Waals surface area contributed by atoms with E-state index in [0.717, 1.165) is 48.6 Å². The molecule has 3 aromatic rings. The van der Waals surface area contributed by atoms with Crippen LogP contribution in [0.5, 0.6) is 5.75 Å². The molecular formula is C25H28F3N3O. The molecule has 7 heteroatoms. The van der Waals surface area contributed by atoms with Gasteiger partial charge in [0.05, 0.1) is 11.2 Å². The van der Waals surface area contributed by atoms with Crippen molar-refractivity contribution in [2.75, 3.05) is 31.6 Å². The molecule has 0 aliphatic carbocycles. The Hall–Kier alpha value is -2.80. The minimum atomic E-state index is -4.40. The summed E-state index contributed by atoms with van der Waals surface area (Å²) in [4.78, 5) is 4.70. The quantitative estimate of drug-likeness (QED) is 0.417. The number of nitrogens with zero attached hydrogens (tertiary/aromatic N) is 1. The van der Waals surface area contributed by atoms with Crippen molar-refractivity contribution in [2.45, 2.75) is 31.9 Å². The van der Waals surface area contributed by atoms with Crippen LogP contribution >= 0.6 is 0 Å². The number of piperidine rings is 1. The van der Waals surface area contributed by atoms with Gasteiger partial charge in [0.2, 0.25) is 0 Å². The second-order valence-corrected chi connectivity index (χ2v) is 8.25. The van der Waals surface area contributed by atoms with E-state index < -0.39 is 12.8 Å². The topological polar surface area (TPSA) is 46.2 Å². The van der Waals surface area contributed by atoms with E-state index in [9.17, 15) is 13.2 Å². The standard InChI is InChI=1S/C25H28F3N3O/c26-25(27,28)17-32-24-12-4-2-10-20(24)23-15-22(19-9-1-3-11-21(19)31-23)30-14-6-8-18-7-5-13-29-16-18/h1-4,9-12,15,18,29H,5-8,13-14,16-17H2,(H,30,31). The zero-order valence-corrected chi connectivity index (χ0v) is 17.9. The Balaban J connectivity index is 1.54. The highest BCUT2D eigenvalue weighted by molar-refractivity contribution is 5.94. The zero-order valence-electron chi connectivity index (χ0n) is 17.9. The molecule has 170 valence electrons. The van der Waals surface area contributed by atoms with Crippen LogP contribution in [-0.2, 0) is 0 Å². The number of pyridine rings is 1. The van der Waals surface area contributed by atoms with Crippen molar-refractivity contribution < 1.29 is 17.9 Å². The molecule has 0 radical (unpaired) electrons. The smallest absolute Gasteiger partial charge is 0.422 e. The van der Waals surface area contributed by atoms with Gasteiger partial charge in [-0.2, -0.15) is 13.2 Å². The average molecular weight is 444 g/mol. The number of para-hydroxylation sites is 2. The highest BCUT2D eigenvalue weighted by atomic mass is 19.4. The molecule has 1 atom stereocenters. The number of anilines is 1. The third-order valence-corrected chi connectivity index (χ3v) is 5.77. The summed E-state index contributed by atoms with van der Waals surface area (Å²) in [7, 11) is 0. The highest BCUT2D eigenvalue weighted by Crippen LogP contribution is 2.34. The van der Waals surface area contributed by atoms with Crippen LogP contribution in [-0.4, -0.2) is 37.4 Å². The second-order valence-electron chi connectivity index (χ2n) is 8.25. The van der Waals surface area contributed by atoms with Crippen LogP contribution in [0.1, 0.15) is 25.7 Å². The molecule has 2 N–H and O–H groups in total. The third kappa shape index (κ3) is 5.91. The summed E-state index contributed by atoms with van der Waals surface area (Å²) in [5, 5.41) is 7.98. The Labute approximate surface area is 186 Å². The molecule has 1 unspecified atom stereocenters. The molecule has 1 fully saturated rings. The molecule has 1 saturated heterocycles. The Morgan fingerprint density at radius 2 is 1.91 bits per heavy atom. The maximum atomic E-state index is 12.7. The van der Waals surface area contributed by atoms with Crippen molar-refractivity contribution in [3.05, 3.63) is 54.6 Å². The number of halogens is 3. The Bertz CT molecular complexity index is 1030. The third-order valence-electron chi connectivity index (χ3n) is 5.77. The number of ether oxygens (including phenoxy) is 1. The monoisotopic (exact) mass is 443 g/mol. The van der Waals surface area contributed by atoms with E-state index >= 15 is 0 Å². The predicted octanol–water partition coefficient (Wildman–Crippen LogP) is 6.03. The molecule has 1 aliphatic heterocycles. The van der Waals surface area contributed by atoms with E-state index in [1.165, 1.54) is 19.3 Å². The maximum absolute atomic E-state index is 12.7. The first-order valence-electron chi connectivity index (χ1n) is 11.1. The molecular weight excluding hydrogens is 415 g/mol. The molecule has 2 heterocycles. The first-order chi connectivity index (χ1) is 15.5. The van der Waals surface area contributed by atoms with Crippen LogP contribution in [0.2, 0.25) is 0 Å². The van der Waals surface area contributed by atoms with Gasteiger partial charge in [0.1, 0.15) is 5.75 Å². The van der Waals surface area contributed by atoms with E-state index in [0.29, 0.717) is 11.3 Å². The highest BCUT2D eigenvalue weighted by Gasteiger charge is 2.29. The lowest BCUT2D eigenvalue weighted by Gasteiger charge is -2.22. The SMILES string of the molecule is FC(F)(F)COc1ccccc1-c1cc(NCCCC2CCCNC2)c2ccccc2n1. The minimum Gasteiger partial charge on any atom is -0.483 e. The lowest BCUT2D eigenvalue weighted by atomic mass is 9.95. The van der Waals surface area contributed by atoms with E-state index in [-0.39, 0.29) is 5.75 Å². The lowest BCUT2D eigenvalue weighted by Crippen LogP contribution is -2.29. The number of aromatic nitrogens is 1. The largest absolute Gasteiger partial charge is 0.483 e.